The van der Waals surface area contributed by atoms with Gasteiger partial charge in [-0.1, -0.05) is 12.1 Å². The maximum atomic E-state index is 12.1. The van der Waals surface area contributed by atoms with E-state index in [1.165, 1.54) is 0 Å². The van der Waals surface area contributed by atoms with Gasteiger partial charge in [0.25, 0.3) is 5.91 Å². The zero-order chi connectivity index (χ0) is 12.7. The summed E-state index contributed by atoms with van der Waals surface area (Å²) in [5, 5.41) is 0. The second-order valence-corrected chi connectivity index (χ2v) is 3.62. The van der Waals surface area contributed by atoms with Crippen molar-refractivity contribution in [2.45, 2.75) is 6.92 Å². The topological polar surface area (TPSA) is 46.6 Å². The zero-order valence-corrected chi connectivity index (χ0v) is 10.2. The van der Waals surface area contributed by atoms with E-state index in [2.05, 4.69) is 0 Å². The van der Waals surface area contributed by atoms with Crippen LogP contribution in [0.15, 0.2) is 24.3 Å². The summed E-state index contributed by atoms with van der Waals surface area (Å²) in [6, 6.07) is 6.62. The van der Waals surface area contributed by atoms with Crippen molar-refractivity contribution in [3.8, 4) is 0 Å². The molecule has 0 aliphatic heterocycles. The van der Waals surface area contributed by atoms with Crippen molar-refractivity contribution in [3.63, 3.8) is 0 Å². The summed E-state index contributed by atoms with van der Waals surface area (Å²) in [6.45, 7) is 3.65. The largest absolute Gasteiger partial charge is 0.383 e. The van der Waals surface area contributed by atoms with Crippen LogP contribution in [0.1, 0.15) is 27.6 Å². The van der Waals surface area contributed by atoms with E-state index < -0.39 is 0 Å². The molecule has 0 saturated heterocycles. The highest BCUT2D eigenvalue weighted by molar-refractivity contribution is 5.94. The number of nitrogens with zero attached hydrogens (tertiary/aromatic N) is 1. The predicted molar refractivity (Wildman–Crippen MR) is 65.3 cm³/mol. The van der Waals surface area contributed by atoms with Crippen LogP contribution in [-0.4, -0.2) is 43.9 Å². The third-order valence-corrected chi connectivity index (χ3v) is 2.53. The van der Waals surface area contributed by atoms with Crippen molar-refractivity contribution in [2.75, 3.05) is 26.8 Å². The number of carbonyl (C=O) groups excluding carboxylic acids is 2. The maximum Gasteiger partial charge on any atom is 0.253 e. The van der Waals surface area contributed by atoms with Gasteiger partial charge in [-0.2, -0.15) is 0 Å². The van der Waals surface area contributed by atoms with Gasteiger partial charge in [-0.05, 0) is 19.1 Å². The molecule has 0 atom stereocenters. The fourth-order valence-corrected chi connectivity index (χ4v) is 1.49. The first-order valence-electron chi connectivity index (χ1n) is 5.56. The van der Waals surface area contributed by atoms with E-state index in [-0.39, 0.29) is 5.91 Å². The van der Waals surface area contributed by atoms with E-state index in [1.807, 2.05) is 6.92 Å². The summed E-state index contributed by atoms with van der Waals surface area (Å²) in [4.78, 5) is 24.3. The smallest absolute Gasteiger partial charge is 0.253 e. The van der Waals surface area contributed by atoms with Gasteiger partial charge in [0.15, 0.2) is 0 Å². The first-order valence-corrected chi connectivity index (χ1v) is 5.56. The summed E-state index contributed by atoms with van der Waals surface area (Å²) in [6.07, 6.45) is 0.761. The highest BCUT2D eigenvalue weighted by Crippen LogP contribution is 2.06. The molecule has 92 valence electrons. The van der Waals surface area contributed by atoms with E-state index in [4.69, 9.17) is 4.74 Å². The third-order valence-electron chi connectivity index (χ3n) is 2.53. The predicted octanol–water partition coefficient (Wildman–Crippen LogP) is 1.61. The molecular weight excluding hydrogens is 218 g/mol. The Bertz CT molecular complexity index is 373. The lowest BCUT2D eigenvalue weighted by Crippen LogP contribution is -2.33. The van der Waals surface area contributed by atoms with Crippen LogP contribution < -0.4 is 0 Å². The summed E-state index contributed by atoms with van der Waals surface area (Å²) in [5.74, 6) is -0.0398. The Morgan fingerprint density at radius 3 is 2.47 bits per heavy atom. The van der Waals surface area contributed by atoms with Gasteiger partial charge in [0.2, 0.25) is 0 Å². The van der Waals surface area contributed by atoms with Crippen molar-refractivity contribution in [1.29, 1.82) is 0 Å². The standard InChI is InChI=1S/C13H17NO3/c1-3-14(8-9-17-2)13(16)12-6-4-11(10-15)5-7-12/h4-7,10H,3,8-9H2,1-2H3. The number of aldehydes is 1. The molecule has 1 rings (SSSR count). The molecule has 4 nitrogen and oxygen atoms in total. The number of hydrogen-bond acceptors (Lipinski definition) is 3. The number of methoxy groups -OCH3 is 1. The Balaban J connectivity index is 2.74. The highest BCUT2D eigenvalue weighted by Gasteiger charge is 2.13. The van der Waals surface area contributed by atoms with Gasteiger partial charge >= 0.3 is 0 Å². The van der Waals surface area contributed by atoms with Crippen LogP contribution in [-0.2, 0) is 4.74 Å². The van der Waals surface area contributed by atoms with E-state index in [0.29, 0.717) is 30.8 Å². The first kappa shape index (κ1) is 13.4. The lowest BCUT2D eigenvalue weighted by atomic mass is 10.1. The van der Waals surface area contributed by atoms with Crippen molar-refractivity contribution < 1.29 is 14.3 Å². The molecule has 0 heterocycles. The SMILES string of the molecule is CCN(CCOC)C(=O)c1ccc(C=O)cc1. The third kappa shape index (κ3) is 3.67. The van der Waals surface area contributed by atoms with Crippen LogP contribution in [0.4, 0.5) is 0 Å². The number of amides is 1. The number of carbonyl (C=O) groups is 2. The molecule has 0 aromatic heterocycles. The van der Waals surface area contributed by atoms with E-state index in [1.54, 1.807) is 36.3 Å². The molecule has 0 bridgehead atoms. The Hall–Kier alpha value is -1.68. The fourth-order valence-electron chi connectivity index (χ4n) is 1.49. The molecule has 1 aromatic carbocycles. The lowest BCUT2D eigenvalue weighted by molar-refractivity contribution is 0.0706. The van der Waals surface area contributed by atoms with Crippen LogP contribution in [0.5, 0.6) is 0 Å². The summed E-state index contributed by atoms with van der Waals surface area (Å²) in [7, 11) is 1.61. The van der Waals surface area contributed by atoms with E-state index in [0.717, 1.165) is 6.29 Å². The summed E-state index contributed by atoms with van der Waals surface area (Å²) >= 11 is 0. The highest BCUT2D eigenvalue weighted by atomic mass is 16.5. The number of rotatable bonds is 6. The average Bonchev–Trinajstić information content (AvgIpc) is 2.39. The molecule has 0 N–H and O–H groups in total. The number of likely N-dealkylation sites (N-methyl/N-ethyl adjacent to an activating group) is 1. The zero-order valence-electron chi connectivity index (χ0n) is 10.2. The molecule has 0 fully saturated rings. The molecule has 17 heavy (non-hydrogen) atoms. The van der Waals surface area contributed by atoms with Gasteiger partial charge in [-0.15, -0.1) is 0 Å². The minimum absolute atomic E-state index is 0.0398. The molecule has 0 saturated carbocycles. The monoisotopic (exact) mass is 235 g/mol. The molecule has 0 aliphatic carbocycles. The van der Waals surface area contributed by atoms with Crippen molar-refractivity contribution in [3.05, 3.63) is 35.4 Å². The molecule has 1 amide bonds. The van der Waals surface area contributed by atoms with Gasteiger partial charge in [0.1, 0.15) is 6.29 Å². The Labute approximate surface area is 101 Å². The van der Waals surface area contributed by atoms with Crippen molar-refractivity contribution in [2.24, 2.45) is 0 Å². The van der Waals surface area contributed by atoms with Gasteiger partial charge in [-0.25, -0.2) is 0 Å². The molecule has 1 aromatic rings. The second kappa shape index (κ2) is 6.81. The fraction of sp³-hybridized carbons (Fsp3) is 0.385. The van der Waals surface area contributed by atoms with Gasteiger partial charge in [-0.3, -0.25) is 9.59 Å². The second-order valence-electron chi connectivity index (χ2n) is 3.62. The molecule has 4 heteroatoms. The minimum Gasteiger partial charge on any atom is -0.383 e. The summed E-state index contributed by atoms with van der Waals surface area (Å²) < 4.78 is 4.96. The Morgan fingerprint density at radius 1 is 1.35 bits per heavy atom. The summed E-state index contributed by atoms with van der Waals surface area (Å²) in [5.41, 5.74) is 1.16. The van der Waals surface area contributed by atoms with Crippen LogP contribution in [0.25, 0.3) is 0 Å². The number of benzene rings is 1. The number of ether oxygens (including phenoxy) is 1. The maximum absolute atomic E-state index is 12.1. The number of hydrogen-bond donors (Lipinski definition) is 0. The van der Waals surface area contributed by atoms with Crippen LogP contribution in [0.3, 0.4) is 0 Å². The van der Waals surface area contributed by atoms with Crippen molar-refractivity contribution >= 4 is 12.2 Å². The van der Waals surface area contributed by atoms with Crippen LogP contribution in [0, 0.1) is 0 Å². The Kier molecular flexibility index (Phi) is 5.36. The molecule has 0 spiro atoms. The first-order chi connectivity index (χ1) is 8.22. The van der Waals surface area contributed by atoms with E-state index >= 15 is 0 Å². The van der Waals surface area contributed by atoms with Gasteiger partial charge in [0, 0.05) is 31.3 Å². The van der Waals surface area contributed by atoms with Gasteiger partial charge in [0.05, 0.1) is 6.61 Å². The van der Waals surface area contributed by atoms with Gasteiger partial charge < -0.3 is 9.64 Å². The Morgan fingerprint density at radius 2 is 2.00 bits per heavy atom. The average molecular weight is 235 g/mol. The van der Waals surface area contributed by atoms with Crippen LogP contribution in [0.2, 0.25) is 0 Å². The van der Waals surface area contributed by atoms with Crippen molar-refractivity contribution in [1.82, 2.24) is 4.90 Å². The minimum atomic E-state index is -0.0398. The quantitative estimate of drug-likeness (QED) is 0.704. The molecular formula is C13H17NO3. The lowest BCUT2D eigenvalue weighted by Gasteiger charge is -2.20. The van der Waals surface area contributed by atoms with E-state index in [9.17, 15) is 9.59 Å². The van der Waals surface area contributed by atoms with Crippen LogP contribution >= 0.6 is 0 Å². The normalized spacial score (nSPS) is 10.0. The molecule has 0 aliphatic rings. The molecule has 0 radical (unpaired) electrons. The molecule has 0 unspecified atom stereocenters.